The van der Waals surface area contributed by atoms with E-state index < -0.39 is 0 Å². The summed E-state index contributed by atoms with van der Waals surface area (Å²) in [6.45, 7) is 5.44. The standard InChI is InChI=1S/C19H27N5/c1-22(2)18-10-11-19(21-20-18)24-15-13-23(14-16-24)12-6-9-17-7-4-3-5-8-17/h3-5,7-8,10-11H,6,9,12-16H2,1-2H3. The lowest BCUT2D eigenvalue weighted by atomic mass is 10.1. The summed E-state index contributed by atoms with van der Waals surface area (Å²) in [7, 11) is 3.97. The molecule has 128 valence electrons. The molecular weight excluding hydrogens is 298 g/mol. The van der Waals surface area contributed by atoms with E-state index in [1.807, 2.05) is 25.1 Å². The smallest absolute Gasteiger partial charge is 0.151 e. The second-order valence-corrected chi connectivity index (χ2v) is 6.56. The van der Waals surface area contributed by atoms with E-state index in [4.69, 9.17) is 0 Å². The van der Waals surface area contributed by atoms with Gasteiger partial charge in [0.15, 0.2) is 11.6 Å². The topological polar surface area (TPSA) is 35.5 Å². The van der Waals surface area contributed by atoms with Gasteiger partial charge in [-0.25, -0.2) is 0 Å². The molecule has 1 fully saturated rings. The Morgan fingerprint density at radius 1 is 0.917 bits per heavy atom. The summed E-state index contributed by atoms with van der Waals surface area (Å²) in [5.74, 6) is 1.89. The highest BCUT2D eigenvalue weighted by atomic mass is 15.3. The lowest BCUT2D eigenvalue weighted by Gasteiger charge is -2.35. The third-order valence-corrected chi connectivity index (χ3v) is 4.57. The van der Waals surface area contributed by atoms with Gasteiger partial charge in [-0.3, -0.25) is 4.90 Å². The number of anilines is 2. The van der Waals surface area contributed by atoms with E-state index in [1.165, 1.54) is 24.9 Å². The van der Waals surface area contributed by atoms with Crippen LogP contribution in [0.15, 0.2) is 42.5 Å². The van der Waals surface area contributed by atoms with Crippen molar-refractivity contribution in [3.8, 4) is 0 Å². The van der Waals surface area contributed by atoms with Gasteiger partial charge in [-0.15, -0.1) is 10.2 Å². The predicted molar refractivity (Wildman–Crippen MR) is 99.8 cm³/mol. The first-order valence-electron chi connectivity index (χ1n) is 8.74. The van der Waals surface area contributed by atoms with Crippen LogP contribution < -0.4 is 9.80 Å². The van der Waals surface area contributed by atoms with Gasteiger partial charge in [-0.2, -0.15) is 0 Å². The number of aromatic nitrogens is 2. The van der Waals surface area contributed by atoms with E-state index in [1.54, 1.807) is 0 Å². The molecule has 5 heteroatoms. The van der Waals surface area contributed by atoms with Gasteiger partial charge in [0.25, 0.3) is 0 Å². The van der Waals surface area contributed by atoms with Gasteiger partial charge in [0.2, 0.25) is 0 Å². The van der Waals surface area contributed by atoms with E-state index in [-0.39, 0.29) is 0 Å². The van der Waals surface area contributed by atoms with Crippen LogP contribution in [0.1, 0.15) is 12.0 Å². The molecule has 1 aromatic heterocycles. The molecule has 24 heavy (non-hydrogen) atoms. The molecule has 1 saturated heterocycles. The van der Waals surface area contributed by atoms with Crippen molar-refractivity contribution in [2.75, 3.05) is 56.6 Å². The summed E-state index contributed by atoms with van der Waals surface area (Å²) >= 11 is 0. The molecule has 0 amide bonds. The Morgan fingerprint density at radius 3 is 2.29 bits per heavy atom. The normalized spacial score (nSPS) is 15.5. The number of hydrogen-bond acceptors (Lipinski definition) is 5. The number of rotatable bonds is 6. The Hall–Kier alpha value is -2.14. The van der Waals surface area contributed by atoms with Crippen molar-refractivity contribution < 1.29 is 0 Å². The lowest BCUT2D eigenvalue weighted by Crippen LogP contribution is -2.47. The van der Waals surface area contributed by atoms with Crippen LogP contribution in [0, 0.1) is 0 Å². The van der Waals surface area contributed by atoms with Gasteiger partial charge in [0, 0.05) is 40.3 Å². The first-order valence-corrected chi connectivity index (χ1v) is 8.74. The molecule has 2 aromatic rings. The summed E-state index contributed by atoms with van der Waals surface area (Å²) < 4.78 is 0. The summed E-state index contributed by atoms with van der Waals surface area (Å²) in [6, 6.07) is 14.9. The number of piperazine rings is 1. The van der Waals surface area contributed by atoms with Crippen molar-refractivity contribution in [3.63, 3.8) is 0 Å². The summed E-state index contributed by atoms with van der Waals surface area (Å²) in [4.78, 5) is 6.86. The van der Waals surface area contributed by atoms with E-state index in [0.717, 1.165) is 37.8 Å². The van der Waals surface area contributed by atoms with E-state index in [0.29, 0.717) is 0 Å². The quantitative estimate of drug-likeness (QED) is 0.814. The Bertz CT molecular complexity index is 603. The maximum atomic E-state index is 4.37. The van der Waals surface area contributed by atoms with E-state index in [2.05, 4.69) is 56.4 Å². The molecule has 3 rings (SSSR count). The molecule has 1 aliphatic heterocycles. The van der Waals surface area contributed by atoms with Crippen molar-refractivity contribution in [1.82, 2.24) is 15.1 Å². The predicted octanol–water partition coefficient (Wildman–Crippen LogP) is 2.30. The molecule has 0 bridgehead atoms. The molecule has 0 unspecified atom stereocenters. The zero-order chi connectivity index (χ0) is 16.8. The van der Waals surface area contributed by atoms with Crippen LogP contribution in [0.5, 0.6) is 0 Å². The molecule has 1 aromatic carbocycles. The number of hydrogen-bond donors (Lipinski definition) is 0. The van der Waals surface area contributed by atoms with Crippen LogP contribution in [0.2, 0.25) is 0 Å². The van der Waals surface area contributed by atoms with Crippen molar-refractivity contribution >= 4 is 11.6 Å². The number of nitrogens with zero attached hydrogens (tertiary/aromatic N) is 5. The number of benzene rings is 1. The van der Waals surface area contributed by atoms with Crippen molar-refractivity contribution in [2.45, 2.75) is 12.8 Å². The van der Waals surface area contributed by atoms with Crippen LogP contribution in [-0.2, 0) is 6.42 Å². The van der Waals surface area contributed by atoms with Gasteiger partial charge in [-0.1, -0.05) is 30.3 Å². The summed E-state index contributed by atoms with van der Waals surface area (Å²) in [5.41, 5.74) is 1.44. The zero-order valence-electron chi connectivity index (χ0n) is 14.7. The Labute approximate surface area is 144 Å². The van der Waals surface area contributed by atoms with Gasteiger partial charge in [-0.05, 0) is 37.1 Å². The minimum atomic E-state index is 0.901. The summed E-state index contributed by atoms with van der Waals surface area (Å²) in [5, 5.41) is 8.64. The minimum absolute atomic E-state index is 0.901. The van der Waals surface area contributed by atoms with Gasteiger partial charge in [0.05, 0.1) is 0 Å². The van der Waals surface area contributed by atoms with Crippen molar-refractivity contribution in [1.29, 1.82) is 0 Å². The highest BCUT2D eigenvalue weighted by Crippen LogP contribution is 2.15. The molecule has 0 aliphatic carbocycles. The van der Waals surface area contributed by atoms with Gasteiger partial charge >= 0.3 is 0 Å². The first-order chi connectivity index (χ1) is 11.7. The van der Waals surface area contributed by atoms with E-state index in [9.17, 15) is 0 Å². The van der Waals surface area contributed by atoms with Crippen LogP contribution in [-0.4, -0.2) is 61.9 Å². The SMILES string of the molecule is CN(C)c1ccc(N2CCN(CCCc3ccccc3)CC2)nn1. The molecule has 5 nitrogen and oxygen atoms in total. The molecular formula is C19H27N5. The van der Waals surface area contributed by atoms with Gasteiger partial charge < -0.3 is 9.80 Å². The third-order valence-electron chi connectivity index (χ3n) is 4.57. The van der Waals surface area contributed by atoms with Crippen LogP contribution in [0.25, 0.3) is 0 Å². The first kappa shape index (κ1) is 16.7. The molecule has 0 spiro atoms. The van der Waals surface area contributed by atoms with Crippen LogP contribution in [0.3, 0.4) is 0 Å². The van der Waals surface area contributed by atoms with Crippen LogP contribution >= 0.6 is 0 Å². The minimum Gasteiger partial charge on any atom is -0.361 e. The maximum absolute atomic E-state index is 4.37. The van der Waals surface area contributed by atoms with Gasteiger partial charge in [0.1, 0.15) is 0 Å². The highest BCUT2D eigenvalue weighted by molar-refractivity contribution is 5.44. The zero-order valence-corrected chi connectivity index (χ0v) is 14.7. The Balaban J connectivity index is 1.42. The summed E-state index contributed by atoms with van der Waals surface area (Å²) in [6.07, 6.45) is 2.39. The van der Waals surface area contributed by atoms with Crippen molar-refractivity contribution in [3.05, 3.63) is 48.0 Å². The van der Waals surface area contributed by atoms with Crippen molar-refractivity contribution in [2.24, 2.45) is 0 Å². The molecule has 1 aliphatic rings. The molecule has 0 radical (unpaired) electrons. The van der Waals surface area contributed by atoms with E-state index >= 15 is 0 Å². The molecule has 0 saturated carbocycles. The highest BCUT2D eigenvalue weighted by Gasteiger charge is 2.18. The molecule has 0 N–H and O–H groups in total. The monoisotopic (exact) mass is 325 g/mol. The fourth-order valence-corrected chi connectivity index (χ4v) is 3.08. The fraction of sp³-hybridized carbons (Fsp3) is 0.474. The lowest BCUT2D eigenvalue weighted by molar-refractivity contribution is 0.254. The average Bonchev–Trinajstić information content (AvgIpc) is 2.63. The molecule has 0 atom stereocenters. The third kappa shape index (κ3) is 4.45. The Kier molecular flexibility index (Phi) is 5.64. The second kappa shape index (κ2) is 8.11. The fourth-order valence-electron chi connectivity index (χ4n) is 3.08. The molecule has 2 heterocycles. The average molecular weight is 325 g/mol. The Morgan fingerprint density at radius 2 is 1.67 bits per heavy atom. The number of aryl methyl sites for hydroxylation is 1. The maximum Gasteiger partial charge on any atom is 0.151 e. The largest absolute Gasteiger partial charge is 0.361 e. The second-order valence-electron chi connectivity index (χ2n) is 6.56. The van der Waals surface area contributed by atoms with Crippen LogP contribution in [0.4, 0.5) is 11.6 Å².